The van der Waals surface area contributed by atoms with E-state index in [1.54, 1.807) is 7.11 Å². The lowest BCUT2D eigenvalue weighted by Crippen LogP contribution is -2.36. The molecule has 0 aliphatic carbocycles. The number of aromatic amines is 1. The van der Waals surface area contributed by atoms with Crippen LogP contribution in [0.2, 0.25) is 0 Å². The van der Waals surface area contributed by atoms with Crippen molar-refractivity contribution < 1.29 is 9.53 Å². The lowest BCUT2D eigenvalue weighted by atomic mass is 10.1. The summed E-state index contributed by atoms with van der Waals surface area (Å²) in [6, 6.07) is 7.65. The molecule has 0 saturated heterocycles. The van der Waals surface area contributed by atoms with Crippen LogP contribution in [0, 0.1) is 13.8 Å². The van der Waals surface area contributed by atoms with Crippen LogP contribution in [-0.4, -0.2) is 47.6 Å². The van der Waals surface area contributed by atoms with Crippen molar-refractivity contribution in [2.45, 2.75) is 20.4 Å². The van der Waals surface area contributed by atoms with E-state index >= 15 is 0 Å². The number of amides is 1. The Balaban J connectivity index is 1.72. The molecule has 2 heterocycles. The Morgan fingerprint density at radius 2 is 2.14 bits per heavy atom. The normalized spacial score (nSPS) is 11.3. The van der Waals surface area contributed by atoms with Crippen LogP contribution < -0.4 is 10.9 Å². The van der Waals surface area contributed by atoms with Gasteiger partial charge in [-0.25, -0.2) is 4.98 Å². The molecule has 0 radical (unpaired) electrons. The van der Waals surface area contributed by atoms with Gasteiger partial charge >= 0.3 is 0 Å². The van der Waals surface area contributed by atoms with Crippen molar-refractivity contribution in [3.05, 3.63) is 57.0 Å². The molecule has 0 aliphatic rings. The van der Waals surface area contributed by atoms with Crippen LogP contribution in [0.15, 0.2) is 34.4 Å². The van der Waals surface area contributed by atoms with Crippen molar-refractivity contribution in [1.82, 2.24) is 14.9 Å². The molecule has 0 fully saturated rings. The highest BCUT2D eigenvalue weighted by atomic mass is 32.1. The number of aromatic nitrogens is 2. The van der Waals surface area contributed by atoms with Crippen molar-refractivity contribution in [3.8, 4) is 0 Å². The summed E-state index contributed by atoms with van der Waals surface area (Å²) < 4.78 is 5.77. The summed E-state index contributed by atoms with van der Waals surface area (Å²) >= 11 is 1.37. The largest absolute Gasteiger partial charge is 0.383 e. The Bertz CT molecular complexity index is 1030. The third-order valence-electron chi connectivity index (χ3n) is 4.59. The number of aryl methyl sites for hydroxylation is 1. The van der Waals surface area contributed by atoms with E-state index in [0.29, 0.717) is 35.7 Å². The number of hydrogen-bond acceptors (Lipinski definition) is 6. The van der Waals surface area contributed by atoms with Gasteiger partial charge in [-0.15, -0.1) is 11.3 Å². The third kappa shape index (κ3) is 4.83. The van der Waals surface area contributed by atoms with Gasteiger partial charge in [0, 0.05) is 19.3 Å². The molecule has 0 saturated carbocycles. The SMILES string of the molecule is COCCN(CC(=O)Nc1cccc(C)c1C)Cc1nc2ccsc2c(=O)[nH]1. The second-order valence-electron chi connectivity index (χ2n) is 6.65. The maximum Gasteiger partial charge on any atom is 0.268 e. The van der Waals surface area contributed by atoms with Crippen molar-refractivity contribution in [3.63, 3.8) is 0 Å². The molecular formula is C20H24N4O3S. The third-order valence-corrected chi connectivity index (χ3v) is 5.50. The van der Waals surface area contributed by atoms with Crippen LogP contribution in [0.4, 0.5) is 5.69 Å². The summed E-state index contributed by atoms with van der Waals surface area (Å²) in [6.45, 7) is 5.54. The smallest absolute Gasteiger partial charge is 0.268 e. The molecule has 7 nitrogen and oxygen atoms in total. The molecule has 1 aromatic carbocycles. The molecule has 2 N–H and O–H groups in total. The minimum absolute atomic E-state index is 0.122. The molecule has 0 bridgehead atoms. The van der Waals surface area contributed by atoms with Crippen LogP contribution in [0.1, 0.15) is 17.0 Å². The molecule has 0 unspecified atom stereocenters. The van der Waals surface area contributed by atoms with Crippen LogP contribution >= 0.6 is 11.3 Å². The zero-order chi connectivity index (χ0) is 20.1. The second kappa shape index (κ2) is 9.09. The van der Waals surface area contributed by atoms with Gasteiger partial charge in [-0.1, -0.05) is 12.1 Å². The number of hydrogen-bond donors (Lipinski definition) is 2. The molecule has 8 heteroatoms. The highest BCUT2D eigenvalue weighted by molar-refractivity contribution is 7.17. The monoisotopic (exact) mass is 400 g/mol. The molecule has 3 rings (SSSR count). The number of nitrogens with one attached hydrogen (secondary N) is 2. The first-order valence-electron chi connectivity index (χ1n) is 9.01. The average Bonchev–Trinajstić information content (AvgIpc) is 3.12. The maximum absolute atomic E-state index is 12.6. The van der Waals surface area contributed by atoms with Gasteiger partial charge in [-0.3, -0.25) is 14.5 Å². The van der Waals surface area contributed by atoms with Gasteiger partial charge in [0.25, 0.3) is 5.56 Å². The van der Waals surface area contributed by atoms with Gasteiger partial charge in [-0.05, 0) is 42.5 Å². The Hall–Kier alpha value is -2.55. The van der Waals surface area contributed by atoms with E-state index in [9.17, 15) is 9.59 Å². The molecule has 0 spiro atoms. The Kier molecular flexibility index (Phi) is 6.56. The van der Waals surface area contributed by atoms with Gasteiger partial charge in [0.1, 0.15) is 10.5 Å². The number of benzene rings is 1. The zero-order valence-corrected chi connectivity index (χ0v) is 17.1. The molecule has 148 valence electrons. The second-order valence-corrected chi connectivity index (χ2v) is 7.56. The van der Waals surface area contributed by atoms with E-state index in [2.05, 4.69) is 15.3 Å². The number of carbonyl (C=O) groups is 1. The van der Waals surface area contributed by atoms with Crippen molar-refractivity contribution in [2.75, 3.05) is 32.1 Å². The summed E-state index contributed by atoms with van der Waals surface area (Å²) in [5.74, 6) is 0.412. The molecule has 28 heavy (non-hydrogen) atoms. The summed E-state index contributed by atoms with van der Waals surface area (Å²) in [4.78, 5) is 34.0. The number of rotatable bonds is 8. The fourth-order valence-corrected chi connectivity index (χ4v) is 3.65. The fraction of sp³-hybridized carbons (Fsp3) is 0.350. The Labute approximate surface area is 167 Å². The highest BCUT2D eigenvalue weighted by Crippen LogP contribution is 2.18. The molecule has 2 aromatic heterocycles. The van der Waals surface area contributed by atoms with Crippen LogP contribution in [0.25, 0.3) is 10.2 Å². The summed E-state index contributed by atoms with van der Waals surface area (Å²) in [6.07, 6.45) is 0. The summed E-state index contributed by atoms with van der Waals surface area (Å²) in [7, 11) is 1.62. The van der Waals surface area contributed by atoms with Gasteiger partial charge < -0.3 is 15.0 Å². The first kappa shape index (κ1) is 20.2. The average molecular weight is 401 g/mol. The minimum atomic E-state index is -0.151. The molecule has 1 amide bonds. The van der Waals surface area contributed by atoms with Gasteiger partial charge in [0.2, 0.25) is 5.91 Å². The van der Waals surface area contributed by atoms with E-state index in [1.807, 2.05) is 48.4 Å². The lowest BCUT2D eigenvalue weighted by Gasteiger charge is -2.21. The van der Waals surface area contributed by atoms with Gasteiger partial charge in [0.15, 0.2) is 0 Å². The number of nitrogens with zero attached hydrogens (tertiary/aromatic N) is 2. The fourth-order valence-electron chi connectivity index (χ4n) is 2.92. The molecule has 3 aromatic rings. The number of anilines is 1. The number of fused-ring (bicyclic) bond motifs is 1. The standard InChI is InChI=1S/C20H24N4O3S/c1-13-5-4-6-15(14(13)2)22-18(25)12-24(8-9-27-3)11-17-21-16-7-10-28-19(16)20(26)23-17/h4-7,10H,8-9,11-12H2,1-3H3,(H,22,25)(H,21,23,26). The van der Waals surface area contributed by atoms with E-state index in [4.69, 9.17) is 4.74 Å². The minimum Gasteiger partial charge on any atom is -0.383 e. The number of thiophene rings is 1. The van der Waals surface area contributed by atoms with Gasteiger partial charge in [-0.2, -0.15) is 0 Å². The maximum atomic E-state index is 12.6. The molecular weight excluding hydrogens is 376 g/mol. The van der Waals surface area contributed by atoms with Gasteiger partial charge in [0.05, 0.1) is 25.2 Å². The van der Waals surface area contributed by atoms with E-state index in [1.165, 1.54) is 11.3 Å². The predicted octanol–water partition coefficient (Wildman–Crippen LogP) is 2.69. The van der Waals surface area contributed by atoms with Crippen molar-refractivity contribution in [2.24, 2.45) is 0 Å². The first-order valence-corrected chi connectivity index (χ1v) is 9.89. The van der Waals surface area contributed by atoms with Crippen LogP contribution in [-0.2, 0) is 16.1 Å². The number of methoxy groups -OCH3 is 1. The lowest BCUT2D eigenvalue weighted by molar-refractivity contribution is -0.117. The van der Waals surface area contributed by atoms with E-state index in [0.717, 1.165) is 16.8 Å². The first-order chi connectivity index (χ1) is 13.5. The summed E-state index contributed by atoms with van der Waals surface area (Å²) in [5.41, 5.74) is 3.51. The Morgan fingerprint density at radius 1 is 1.32 bits per heavy atom. The van der Waals surface area contributed by atoms with Crippen molar-refractivity contribution >= 4 is 33.1 Å². The molecule has 0 atom stereocenters. The summed E-state index contributed by atoms with van der Waals surface area (Å²) in [5, 5.41) is 4.81. The predicted molar refractivity (Wildman–Crippen MR) is 112 cm³/mol. The number of carbonyl (C=O) groups excluding carboxylic acids is 1. The number of ether oxygens (including phenoxy) is 1. The van der Waals surface area contributed by atoms with Crippen LogP contribution in [0.3, 0.4) is 0 Å². The van der Waals surface area contributed by atoms with E-state index < -0.39 is 0 Å². The van der Waals surface area contributed by atoms with Crippen molar-refractivity contribution in [1.29, 1.82) is 0 Å². The number of H-pyrrole nitrogens is 1. The zero-order valence-electron chi connectivity index (χ0n) is 16.2. The topological polar surface area (TPSA) is 87.3 Å². The Morgan fingerprint density at radius 3 is 2.93 bits per heavy atom. The highest BCUT2D eigenvalue weighted by Gasteiger charge is 2.15. The molecule has 0 aliphatic heterocycles. The van der Waals surface area contributed by atoms with Crippen LogP contribution in [0.5, 0.6) is 0 Å². The quantitative estimate of drug-likeness (QED) is 0.607. The van der Waals surface area contributed by atoms with E-state index in [-0.39, 0.29) is 18.0 Å².